The smallest absolute Gasteiger partial charge is 0.262 e. The van der Waals surface area contributed by atoms with Crippen LogP contribution in [0.15, 0.2) is 53.6 Å². The molecule has 1 heterocycles. The third-order valence-electron chi connectivity index (χ3n) is 5.82. The van der Waals surface area contributed by atoms with Crippen LogP contribution in [0.2, 0.25) is 10.0 Å². The molecule has 0 N–H and O–H groups in total. The average molecular weight is 444 g/mol. The van der Waals surface area contributed by atoms with Gasteiger partial charge in [-0.1, -0.05) is 66.0 Å². The van der Waals surface area contributed by atoms with Gasteiger partial charge in [0, 0.05) is 35.0 Å². The van der Waals surface area contributed by atoms with Crippen LogP contribution in [-0.4, -0.2) is 41.0 Å². The number of likely N-dealkylation sites (N-methyl/N-ethyl adjacent to an activating group) is 1. The summed E-state index contributed by atoms with van der Waals surface area (Å²) in [7, 11) is 1.68. The van der Waals surface area contributed by atoms with Crippen LogP contribution in [0.5, 0.6) is 0 Å². The monoisotopic (exact) mass is 443 g/mol. The minimum atomic E-state index is -0.343. The zero-order valence-corrected chi connectivity index (χ0v) is 18.2. The normalized spacial score (nSPS) is 18.7. The second-order valence-corrected chi connectivity index (χ2v) is 8.64. The van der Waals surface area contributed by atoms with Gasteiger partial charge >= 0.3 is 0 Å². The van der Waals surface area contributed by atoms with E-state index in [2.05, 4.69) is 5.10 Å². The number of halogens is 2. The highest BCUT2D eigenvalue weighted by atomic mass is 35.5. The van der Waals surface area contributed by atoms with E-state index in [-0.39, 0.29) is 30.3 Å². The van der Waals surface area contributed by atoms with Gasteiger partial charge in [0.25, 0.3) is 5.91 Å². The quantitative estimate of drug-likeness (QED) is 0.657. The third-order valence-corrected chi connectivity index (χ3v) is 6.49. The fourth-order valence-electron chi connectivity index (χ4n) is 3.91. The molecule has 0 saturated heterocycles. The first kappa shape index (κ1) is 20.9. The minimum Gasteiger partial charge on any atom is -0.336 e. The van der Waals surface area contributed by atoms with Crippen molar-refractivity contribution in [2.75, 3.05) is 13.6 Å². The molecule has 1 atom stereocenters. The predicted molar refractivity (Wildman–Crippen MR) is 119 cm³/mol. The molecular formula is C23H23Cl2N3O2. The molecular weight excluding hydrogens is 421 g/mol. The lowest BCUT2D eigenvalue weighted by Gasteiger charge is -2.30. The van der Waals surface area contributed by atoms with Crippen molar-refractivity contribution >= 4 is 40.7 Å². The van der Waals surface area contributed by atoms with Gasteiger partial charge in [0.05, 0.1) is 11.8 Å². The molecule has 7 heteroatoms. The number of nitrogens with zero attached hydrogens (tertiary/aromatic N) is 3. The molecule has 0 bridgehead atoms. The van der Waals surface area contributed by atoms with Gasteiger partial charge in [-0.25, -0.2) is 5.01 Å². The van der Waals surface area contributed by atoms with E-state index in [9.17, 15) is 9.59 Å². The Morgan fingerprint density at radius 1 is 1.07 bits per heavy atom. The summed E-state index contributed by atoms with van der Waals surface area (Å²) in [4.78, 5) is 27.2. The van der Waals surface area contributed by atoms with Crippen LogP contribution in [-0.2, 0) is 9.59 Å². The van der Waals surface area contributed by atoms with E-state index >= 15 is 0 Å². The first-order valence-corrected chi connectivity index (χ1v) is 10.8. The number of carbonyl (C=O) groups excluding carboxylic acids is 2. The third kappa shape index (κ3) is 4.09. The maximum Gasteiger partial charge on any atom is 0.262 e. The molecule has 1 aliphatic heterocycles. The van der Waals surface area contributed by atoms with Crippen LogP contribution < -0.4 is 0 Å². The fraction of sp³-hybridized carbons (Fsp3) is 0.348. The van der Waals surface area contributed by atoms with Gasteiger partial charge in [-0.3, -0.25) is 9.59 Å². The summed E-state index contributed by atoms with van der Waals surface area (Å²) in [6.07, 6.45) is 3.38. The van der Waals surface area contributed by atoms with E-state index in [4.69, 9.17) is 23.2 Å². The Morgan fingerprint density at radius 3 is 2.37 bits per heavy atom. The van der Waals surface area contributed by atoms with Crippen molar-refractivity contribution in [2.45, 2.75) is 31.7 Å². The lowest BCUT2D eigenvalue weighted by atomic mass is 9.84. The Kier molecular flexibility index (Phi) is 6.11. The predicted octanol–water partition coefficient (Wildman–Crippen LogP) is 4.93. The van der Waals surface area contributed by atoms with Crippen LogP contribution in [0.25, 0.3) is 0 Å². The van der Waals surface area contributed by atoms with Gasteiger partial charge in [0.1, 0.15) is 6.54 Å². The van der Waals surface area contributed by atoms with E-state index < -0.39 is 0 Å². The number of hydrazone groups is 1. The molecule has 1 saturated carbocycles. The highest BCUT2D eigenvalue weighted by Crippen LogP contribution is 2.37. The summed E-state index contributed by atoms with van der Waals surface area (Å²) in [6.45, 7) is -0.0183. The van der Waals surface area contributed by atoms with Gasteiger partial charge in [-0.15, -0.1) is 0 Å². The van der Waals surface area contributed by atoms with Crippen LogP contribution in [0.4, 0.5) is 0 Å². The molecule has 2 aromatic carbocycles. The van der Waals surface area contributed by atoms with Crippen molar-refractivity contribution in [3.05, 3.63) is 69.7 Å². The number of benzene rings is 2. The Bertz CT molecular complexity index is 1000. The fourth-order valence-corrected chi connectivity index (χ4v) is 4.41. The van der Waals surface area contributed by atoms with E-state index in [1.165, 1.54) is 9.91 Å². The van der Waals surface area contributed by atoms with Crippen LogP contribution in [0.3, 0.4) is 0 Å². The van der Waals surface area contributed by atoms with E-state index in [1.54, 1.807) is 19.2 Å². The molecule has 0 unspecified atom stereocenters. The van der Waals surface area contributed by atoms with Crippen molar-refractivity contribution in [1.29, 1.82) is 0 Å². The van der Waals surface area contributed by atoms with Crippen LogP contribution in [0, 0.1) is 5.92 Å². The number of hydrogen-bond donors (Lipinski definition) is 0. The molecule has 0 radical (unpaired) electrons. The van der Waals surface area contributed by atoms with Gasteiger partial charge in [-0.05, 0) is 30.5 Å². The molecule has 1 fully saturated rings. The summed E-state index contributed by atoms with van der Waals surface area (Å²) >= 11 is 12.8. The zero-order chi connectivity index (χ0) is 21.3. The summed E-state index contributed by atoms with van der Waals surface area (Å²) in [5.74, 6) is -0.168. The van der Waals surface area contributed by atoms with E-state index in [1.807, 2.05) is 36.4 Å². The summed E-state index contributed by atoms with van der Waals surface area (Å²) in [6, 6.07) is 14.6. The first-order valence-electron chi connectivity index (χ1n) is 10.1. The first-order chi connectivity index (χ1) is 14.5. The summed E-state index contributed by atoms with van der Waals surface area (Å²) in [5, 5.41) is 7.25. The highest BCUT2D eigenvalue weighted by Gasteiger charge is 2.36. The lowest BCUT2D eigenvalue weighted by molar-refractivity contribution is -0.144. The zero-order valence-electron chi connectivity index (χ0n) is 16.7. The molecule has 2 aromatic rings. The van der Waals surface area contributed by atoms with Crippen LogP contribution >= 0.6 is 23.2 Å². The second-order valence-electron chi connectivity index (χ2n) is 7.83. The molecule has 30 heavy (non-hydrogen) atoms. The average Bonchev–Trinajstić information content (AvgIpc) is 3.12. The van der Waals surface area contributed by atoms with Gasteiger partial charge in [0.2, 0.25) is 5.91 Å². The highest BCUT2D eigenvalue weighted by molar-refractivity contribution is 6.34. The Labute approximate surface area is 186 Å². The molecule has 2 aliphatic rings. The standard InChI is InChI=1S/C23H23Cl2N3O2/c1-27(23(30)15-7-6-8-15)14-22(29)28-21(17-10-3-5-12-19(17)25)13-20(26-28)16-9-2-4-11-18(16)24/h2-5,9-12,15,21H,6-8,13-14H2,1H3/t21-/m0/s1. The van der Waals surface area contributed by atoms with E-state index in [0.29, 0.717) is 16.5 Å². The van der Waals surface area contributed by atoms with Crippen molar-refractivity contribution in [1.82, 2.24) is 9.91 Å². The van der Waals surface area contributed by atoms with Crippen molar-refractivity contribution in [3.63, 3.8) is 0 Å². The van der Waals surface area contributed by atoms with Crippen molar-refractivity contribution in [2.24, 2.45) is 11.0 Å². The molecule has 0 aromatic heterocycles. The molecule has 2 amide bonds. The number of rotatable bonds is 5. The van der Waals surface area contributed by atoms with E-state index in [0.717, 1.165) is 36.1 Å². The summed E-state index contributed by atoms with van der Waals surface area (Å²) in [5.41, 5.74) is 2.35. The molecule has 156 valence electrons. The second kappa shape index (κ2) is 8.78. The number of carbonyl (C=O) groups is 2. The number of hydrogen-bond acceptors (Lipinski definition) is 3. The largest absolute Gasteiger partial charge is 0.336 e. The number of amides is 2. The molecule has 1 aliphatic carbocycles. The molecule has 5 nitrogen and oxygen atoms in total. The van der Waals surface area contributed by atoms with Gasteiger partial charge < -0.3 is 4.90 Å². The summed E-state index contributed by atoms with van der Waals surface area (Å²) < 4.78 is 0. The van der Waals surface area contributed by atoms with Crippen LogP contribution in [0.1, 0.15) is 42.9 Å². The molecule has 4 rings (SSSR count). The minimum absolute atomic E-state index is 0.0183. The Balaban J connectivity index is 1.61. The van der Waals surface area contributed by atoms with Gasteiger partial charge in [-0.2, -0.15) is 5.10 Å². The maximum absolute atomic E-state index is 13.2. The topological polar surface area (TPSA) is 53.0 Å². The Hall–Kier alpha value is -2.37. The SMILES string of the molecule is CN(CC(=O)N1N=C(c2ccccc2Cl)C[C@H]1c1ccccc1Cl)C(=O)C1CCC1. The van der Waals surface area contributed by atoms with Crippen molar-refractivity contribution in [3.8, 4) is 0 Å². The molecule has 0 spiro atoms. The lowest BCUT2D eigenvalue weighted by Crippen LogP contribution is -2.42. The van der Waals surface area contributed by atoms with Crippen molar-refractivity contribution < 1.29 is 9.59 Å². The Morgan fingerprint density at radius 2 is 1.73 bits per heavy atom. The van der Waals surface area contributed by atoms with Gasteiger partial charge in [0.15, 0.2) is 0 Å². The maximum atomic E-state index is 13.2.